The van der Waals surface area contributed by atoms with Gasteiger partial charge in [-0.15, -0.1) is 0 Å². The van der Waals surface area contributed by atoms with Gasteiger partial charge in [0.15, 0.2) is 0 Å². The molecule has 1 aromatic rings. The highest BCUT2D eigenvalue weighted by molar-refractivity contribution is 6.42. The Morgan fingerprint density at radius 1 is 1.00 bits per heavy atom. The van der Waals surface area contributed by atoms with Crippen LogP contribution in [0.2, 0.25) is 10.0 Å². The maximum atomic E-state index is 5.97. The molecule has 0 fully saturated rings. The minimum Gasteiger partial charge on any atom is -0.317 e. The van der Waals surface area contributed by atoms with Crippen LogP contribution in [0.25, 0.3) is 0 Å². The maximum Gasteiger partial charge on any atom is 0.0595 e. The topological polar surface area (TPSA) is 12.0 Å². The second-order valence-electron chi connectivity index (χ2n) is 4.27. The average Bonchev–Trinajstić information content (AvgIpc) is 2.32. The Morgan fingerprint density at radius 2 is 1.76 bits per heavy atom. The molecule has 0 aliphatic rings. The Balaban J connectivity index is 2.11. The summed E-state index contributed by atoms with van der Waals surface area (Å²) in [6, 6.07) is 5.92. The molecule has 0 atom stereocenters. The van der Waals surface area contributed by atoms with Crippen LogP contribution in [0.3, 0.4) is 0 Å². The van der Waals surface area contributed by atoms with Gasteiger partial charge in [0.05, 0.1) is 10.0 Å². The normalized spacial score (nSPS) is 10.8. The first-order valence-electron chi connectivity index (χ1n) is 6.38. The number of rotatable bonds is 8. The third-order valence-corrected chi connectivity index (χ3v) is 3.54. The molecule has 0 saturated heterocycles. The van der Waals surface area contributed by atoms with Gasteiger partial charge in [-0.3, -0.25) is 0 Å². The van der Waals surface area contributed by atoms with Crippen LogP contribution in [0.4, 0.5) is 0 Å². The zero-order valence-corrected chi connectivity index (χ0v) is 11.9. The summed E-state index contributed by atoms with van der Waals surface area (Å²) < 4.78 is 0. The van der Waals surface area contributed by atoms with Crippen LogP contribution in [-0.2, 0) is 6.42 Å². The molecule has 0 amide bonds. The zero-order valence-electron chi connectivity index (χ0n) is 10.4. The van der Waals surface area contributed by atoms with Crippen LogP contribution in [0, 0.1) is 0 Å². The Labute approximate surface area is 115 Å². The van der Waals surface area contributed by atoms with Crippen LogP contribution < -0.4 is 5.32 Å². The van der Waals surface area contributed by atoms with Crippen LogP contribution >= 0.6 is 23.2 Å². The average molecular weight is 274 g/mol. The zero-order chi connectivity index (χ0) is 12.5. The molecule has 0 saturated carbocycles. The number of hydrogen-bond donors (Lipinski definition) is 1. The minimum atomic E-state index is 0.640. The predicted octanol–water partition coefficient (Wildman–Crippen LogP) is 4.71. The van der Waals surface area contributed by atoms with Crippen molar-refractivity contribution in [1.82, 2.24) is 5.32 Å². The molecule has 0 aromatic heterocycles. The molecular weight excluding hydrogens is 253 g/mol. The van der Waals surface area contributed by atoms with Gasteiger partial charge in [0, 0.05) is 0 Å². The standard InChI is InChI=1S/C14H21Cl2N/c1-2-17-10-6-4-3-5-7-12-8-9-13(15)14(16)11-12/h8-9,11,17H,2-7,10H2,1H3. The third-order valence-electron chi connectivity index (χ3n) is 2.80. The smallest absolute Gasteiger partial charge is 0.0595 e. The van der Waals surface area contributed by atoms with E-state index in [1.54, 1.807) is 0 Å². The van der Waals surface area contributed by atoms with Gasteiger partial charge in [-0.1, -0.05) is 49.0 Å². The van der Waals surface area contributed by atoms with Gasteiger partial charge in [-0.25, -0.2) is 0 Å². The molecule has 3 heteroatoms. The quantitative estimate of drug-likeness (QED) is 0.677. The highest BCUT2D eigenvalue weighted by atomic mass is 35.5. The summed E-state index contributed by atoms with van der Waals surface area (Å²) in [6.45, 7) is 4.36. The van der Waals surface area contributed by atoms with Gasteiger partial charge in [0.1, 0.15) is 0 Å². The van der Waals surface area contributed by atoms with E-state index in [0.717, 1.165) is 19.5 Å². The van der Waals surface area contributed by atoms with Crippen molar-refractivity contribution in [2.75, 3.05) is 13.1 Å². The van der Waals surface area contributed by atoms with E-state index in [4.69, 9.17) is 23.2 Å². The molecule has 0 bridgehead atoms. The lowest BCUT2D eigenvalue weighted by Crippen LogP contribution is -2.13. The molecule has 17 heavy (non-hydrogen) atoms. The van der Waals surface area contributed by atoms with Crippen LogP contribution in [0.5, 0.6) is 0 Å². The molecule has 0 heterocycles. The number of hydrogen-bond acceptors (Lipinski definition) is 1. The second-order valence-corrected chi connectivity index (χ2v) is 5.08. The molecule has 1 N–H and O–H groups in total. The summed E-state index contributed by atoms with van der Waals surface area (Å²) in [4.78, 5) is 0. The van der Waals surface area contributed by atoms with Crippen LogP contribution in [-0.4, -0.2) is 13.1 Å². The second kappa shape index (κ2) is 8.79. The summed E-state index contributed by atoms with van der Waals surface area (Å²) in [7, 11) is 0. The molecule has 1 aromatic carbocycles. The van der Waals surface area contributed by atoms with Crippen molar-refractivity contribution in [3.63, 3.8) is 0 Å². The summed E-state index contributed by atoms with van der Waals surface area (Å²) in [5, 5.41) is 4.64. The summed E-state index contributed by atoms with van der Waals surface area (Å²) >= 11 is 11.8. The molecule has 0 spiro atoms. The lowest BCUT2D eigenvalue weighted by Gasteiger charge is -2.04. The molecular formula is C14H21Cl2N. The fourth-order valence-electron chi connectivity index (χ4n) is 1.80. The Bertz CT molecular complexity index is 326. The Hall–Kier alpha value is -0.240. The number of nitrogens with one attached hydrogen (secondary N) is 1. The van der Waals surface area contributed by atoms with Crippen molar-refractivity contribution in [1.29, 1.82) is 0 Å². The number of benzene rings is 1. The van der Waals surface area contributed by atoms with Gasteiger partial charge in [0.2, 0.25) is 0 Å². The van der Waals surface area contributed by atoms with Crippen LogP contribution in [0.1, 0.15) is 38.2 Å². The first-order valence-corrected chi connectivity index (χ1v) is 7.14. The monoisotopic (exact) mass is 273 g/mol. The summed E-state index contributed by atoms with van der Waals surface area (Å²) in [5.41, 5.74) is 1.28. The van der Waals surface area contributed by atoms with Crippen molar-refractivity contribution in [3.05, 3.63) is 33.8 Å². The first kappa shape index (κ1) is 14.8. The van der Waals surface area contributed by atoms with Gasteiger partial charge in [-0.2, -0.15) is 0 Å². The van der Waals surface area contributed by atoms with Crippen molar-refractivity contribution in [2.45, 2.75) is 39.0 Å². The highest BCUT2D eigenvalue weighted by Gasteiger charge is 1.99. The van der Waals surface area contributed by atoms with E-state index in [2.05, 4.69) is 18.3 Å². The fraction of sp³-hybridized carbons (Fsp3) is 0.571. The molecule has 1 rings (SSSR count). The van der Waals surface area contributed by atoms with Crippen LogP contribution in [0.15, 0.2) is 18.2 Å². The van der Waals surface area contributed by atoms with E-state index in [1.807, 2.05) is 12.1 Å². The van der Waals surface area contributed by atoms with Gasteiger partial charge < -0.3 is 5.32 Å². The Morgan fingerprint density at radius 3 is 2.47 bits per heavy atom. The van der Waals surface area contributed by atoms with Gasteiger partial charge >= 0.3 is 0 Å². The van der Waals surface area contributed by atoms with E-state index in [-0.39, 0.29) is 0 Å². The largest absolute Gasteiger partial charge is 0.317 e. The first-order chi connectivity index (χ1) is 8.24. The van der Waals surface area contributed by atoms with E-state index >= 15 is 0 Å². The third kappa shape index (κ3) is 6.30. The van der Waals surface area contributed by atoms with E-state index in [0.29, 0.717) is 10.0 Å². The van der Waals surface area contributed by atoms with E-state index < -0.39 is 0 Å². The SMILES string of the molecule is CCNCCCCCCc1ccc(Cl)c(Cl)c1. The number of halogens is 2. The molecule has 0 radical (unpaired) electrons. The molecule has 0 unspecified atom stereocenters. The lowest BCUT2D eigenvalue weighted by molar-refractivity contribution is 0.598. The summed E-state index contributed by atoms with van der Waals surface area (Å²) in [6.07, 6.45) is 6.18. The van der Waals surface area contributed by atoms with Crippen molar-refractivity contribution >= 4 is 23.2 Å². The van der Waals surface area contributed by atoms with E-state index in [1.165, 1.54) is 31.2 Å². The minimum absolute atomic E-state index is 0.640. The Kier molecular flexibility index (Phi) is 7.67. The fourth-order valence-corrected chi connectivity index (χ4v) is 2.13. The molecule has 1 nitrogen and oxygen atoms in total. The summed E-state index contributed by atoms with van der Waals surface area (Å²) in [5.74, 6) is 0. The van der Waals surface area contributed by atoms with Crippen molar-refractivity contribution < 1.29 is 0 Å². The van der Waals surface area contributed by atoms with Gasteiger partial charge in [0.25, 0.3) is 0 Å². The number of aryl methyl sites for hydroxylation is 1. The van der Waals surface area contributed by atoms with Crippen molar-refractivity contribution in [3.8, 4) is 0 Å². The molecule has 96 valence electrons. The molecule has 0 aliphatic carbocycles. The number of unbranched alkanes of at least 4 members (excludes halogenated alkanes) is 3. The lowest BCUT2D eigenvalue weighted by atomic mass is 10.1. The maximum absolute atomic E-state index is 5.97. The predicted molar refractivity (Wildman–Crippen MR) is 77.2 cm³/mol. The van der Waals surface area contributed by atoms with Gasteiger partial charge in [-0.05, 0) is 50.0 Å². The molecule has 0 aliphatic heterocycles. The highest BCUT2D eigenvalue weighted by Crippen LogP contribution is 2.23. The van der Waals surface area contributed by atoms with E-state index in [9.17, 15) is 0 Å². The van der Waals surface area contributed by atoms with Crippen molar-refractivity contribution in [2.24, 2.45) is 0 Å².